The summed E-state index contributed by atoms with van der Waals surface area (Å²) >= 11 is 1.94. The monoisotopic (exact) mass is 254 g/mol. The molecule has 0 saturated carbocycles. The van der Waals surface area contributed by atoms with Gasteiger partial charge in [-0.1, -0.05) is 13.8 Å². The molecule has 1 atom stereocenters. The van der Waals surface area contributed by atoms with E-state index >= 15 is 0 Å². The predicted molar refractivity (Wildman–Crippen MR) is 74.8 cm³/mol. The van der Waals surface area contributed by atoms with E-state index in [1.54, 1.807) is 6.20 Å². The highest BCUT2D eigenvalue weighted by Gasteiger charge is 2.11. The number of thioether (sulfide) groups is 1. The Morgan fingerprint density at radius 1 is 1.35 bits per heavy atom. The maximum atomic E-state index is 5.48. The number of hydrogen-bond donors (Lipinski definition) is 1. The van der Waals surface area contributed by atoms with Gasteiger partial charge in [0.25, 0.3) is 0 Å². The summed E-state index contributed by atoms with van der Waals surface area (Å²) in [5, 5.41) is 3.49. The van der Waals surface area contributed by atoms with Gasteiger partial charge in [-0.05, 0) is 30.9 Å². The van der Waals surface area contributed by atoms with Gasteiger partial charge >= 0.3 is 0 Å². The molecule has 0 amide bonds. The molecule has 1 N–H and O–H groups in total. The second-order valence-corrected chi connectivity index (χ2v) is 4.98. The van der Waals surface area contributed by atoms with Crippen molar-refractivity contribution >= 4 is 11.8 Å². The summed E-state index contributed by atoms with van der Waals surface area (Å²) in [6.45, 7) is 7.95. The molecule has 0 spiro atoms. The van der Waals surface area contributed by atoms with Gasteiger partial charge in [0.15, 0.2) is 0 Å². The first kappa shape index (κ1) is 14.3. The fourth-order valence-corrected chi connectivity index (χ4v) is 2.41. The number of nitrogens with zero attached hydrogens (tertiary/aromatic N) is 1. The molecule has 96 valence electrons. The van der Waals surface area contributed by atoms with Gasteiger partial charge < -0.3 is 10.1 Å². The molecule has 0 fully saturated rings. The Morgan fingerprint density at radius 2 is 2.18 bits per heavy atom. The Kier molecular flexibility index (Phi) is 7.05. The van der Waals surface area contributed by atoms with E-state index in [0.29, 0.717) is 12.6 Å². The van der Waals surface area contributed by atoms with Gasteiger partial charge in [0.1, 0.15) is 5.75 Å². The topological polar surface area (TPSA) is 34.2 Å². The molecule has 1 aromatic heterocycles. The second-order valence-electron chi connectivity index (χ2n) is 3.66. The Balaban J connectivity index is 2.73. The highest BCUT2D eigenvalue weighted by molar-refractivity contribution is 7.99. The third-order valence-corrected chi connectivity index (χ3v) is 3.36. The number of nitrogens with one attached hydrogen (secondary N) is 1. The molecule has 0 aliphatic carbocycles. The molecular weight excluding hydrogens is 232 g/mol. The van der Waals surface area contributed by atoms with Gasteiger partial charge in [-0.3, -0.25) is 4.98 Å². The minimum atomic E-state index is 0.359. The van der Waals surface area contributed by atoms with Crippen LogP contribution in [0.15, 0.2) is 18.5 Å². The zero-order valence-electron chi connectivity index (χ0n) is 10.9. The van der Waals surface area contributed by atoms with Crippen molar-refractivity contribution in [2.24, 2.45) is 0 Å². The van der Waals surface area contributed by atoms with Crippen molar-refractivity contribution in [3.05, 3.63) is 24.0 Å². The average Bonchev–Trinajstić information content (AvgIpc) is 2.35. The molecule has 0 radical (unpaired) electrons. The van der Waals surface area contributed by atoms with E-state index in [1.807, 2.05) is 24.9 Å². The van der Waals surface area contributed by atoms with E-state index < -0.39 is 0 Å². The van der Waals surface area contributed by atoms with Gasteiger partial charge in [0, 0.05) is 18.0 Å². The minimum Gasteiger partial charge on any atom is -0.492 e. The Labute approximate surface area is 108 Å². The maximum absolute atomic E-state index is 5.48. The van der Waals surface area contributed by atoms with Crippen LogP contribution in [0.1, 0.15) is 32.4 Å². The zero-order valence-corrected chi connectivity index (χ0v) is 11.7. The zero-order chi connectivity index (χ0) is 12.5. The summed E-state index contributed by atoms with van der Waals surface area (Å²) in [6.07, 6.45) is 3.69. The highest BCUT2D eigenvalue weighted by atomic mass is 32.2. The lowest BCUT2D eigenvalue weighted by atomic mass is 10.1. The molecule has 1 aromatic rings. The fourth-order valence-electron chi connectivity index (χ4n) is 1.63. The van der Waals surface area contributed by atoms with Crippen LogP contribution in [0.5, 0.6) is 5.75 Å². The van der Waals surface area contributed by atoms with Crippen LogP contribution in [-0.2, 0) is 0 Å². The first-order chi connectivity index (χ1) is 8.31. The molecule has 0 aromatic carbocycles. The van der Waals surface area contributed by atoms with Crippen molar-refractivity contribution in [2.75, 3.05) is 24.7 Å². The highest BCUT2D eigenvalue weighted by Crippen LogP contribution is 2.21. The van der Waals surface area contributed by atoms with Crippen molar-refractivity contribution in [1.82, 2.24) is 10.3 Å². The largest absolute Gasteiger partial charge is 0.492 e. The molecule has 0 saturated heterocycles. The number of ether oxygens (including phenoxy) is 1. The molecule has 0 aliphatic heterocycles. The normalized spacial score (nSPS) is 12.4. The first-order valence-electron chi connectivity index (χ1n) is 6.20. The van der Waals surface area contributed by atoms with Crippen molar-refractivity contribution in [3.8, 4) is 5.75 Å². The molecule has 3 nitrogen and oxygen atoms in total. The first-order valence-corrected chi connectivity index (χ1v) is 7.36. The van der Waals surface area contributed by atoms with Crippen molar-refractivity contribution in [2.45, 2.75) is 26.8 Å². The lowest BCUT2D eigenvalue weighted by Crippen LogP contribution is -2.23. The maximum Gasteiger partial charge on any atom is 0.137 e. The number of rotatable bonds is 8. The lowest BCUT2D eigenvalue weighted by molar-refractivity contribution is 0.338. The van der Waals surface area contributed by atoms with Crippen LogP contribution in [0.25, 0.3) is 0 Å². The molecule has 1 heterocycles. The van der Waals surface area contributed by atoms with E-state index in [4.69, 9.17) is 4.74 Å². The molecule has 1 unspecified atom stereocenters. The molecular formula is C13H22N2OS. The minimum absolute atomic E-state index is 0.359. The van der Waals surface area contributed by atoms with Crippen molar-refractivity contribution in [3.63, 3.8) is 0 Å². The SMILES string of the molecule is CCNC(CSCC)c1cncc(OCC)c1. The standard InChI is InChI=1S/C13H22N2OS/c1-4-15-13(10-17-6-3)11-7-12(16-5-2)9-14-8-11/h7-9,13,15H,4-6,10H2,1-3H3. The van der Waals surface area contributed by atoms with Gasteiger partial charge in [0.05, 0.1) is 12.8 Å². The average molecular weight is 254 g/mol. The van der Waals surface area contributed by atoms with Crippen LogP contribution in [0.4, 0.5) is 0 Å². The molecule has 17 heavy (non-hydrogen) atoms. The van der Waals surface area contributed by atoms with Gasteiger partial charge in [-0.15, -0.1) is 0 Å². The van der Waals surface area contributed by atoms with Gasteiger partial charge in [-0.2, -0.15) is 11.8 Å². The summed E-state index contributed by atoms with van der Waals surface area (Å²) in [5.41, 5.74) is 1.21. The van der Waals surface area contributed by atoms with Gasteiger partial charge in [-0.25, -0.2) is 0 Å². The Bertz CT molecular complexity index is 320. The van der Waals surface area contributed by atoms with Crippen molar-refractivity contribution < 1.29 is 4.74 Å². The van der Waals surface area contributed by atoms with Crippen LogP contribution in [-0.4, -0.2) is 29.6 Å². The van der Waals surface area contributed by atoms with Crippen LogP contribution in [0.2, 0.25) is 0 Å². The summed E-state index contributed by atoms with van der Waals surface area (Å²) in [4.78, 5) is 4.24. The van der Waals surface area contributed by atoms with E-state index in [9.17, 15) is 0 Å². The molecule has 1 rings (SSSR count). The third-order valence-electron chi connectivity index (χ3n) is 2.39. The van der Waals surface area contributed by atoms with Crippen LogP contribution < -0.4 is 10.1 Å². The summed E-state index contributed by atoms with van der Waals surface area (Å²) in [6, 6.07) is 2.44. The smallest absolute Gasteiger partial charge is 0.137 e. The second kappa shape index (κ2) is 8.37. The van der Waals surface area contributed by atoms with E-state index in [0.717, 1.165) is 23.8 Å². The Hall–Kier alpha value is -0.740. The summed E-state index contributed by atoms with van der Waals surface area (Å²) in [5.74, 6) is 3.07. The molecule has 0 bridgehead atoms. The number of pyridine rings is 1. The summed E-state index contributed by atoms with van der Waals surface area (Å²) in [7, 11) is 0. The number of hydrogen-bond acceptors (Lipinski definition) is 4. The van der Waals surface area contributed by atoms with E-state index in [-0.39, 0.29) is 0 Å². The van der Waals surface area contributed by atoms with Crippen LogP contribution in [0.3, 0.4) is 0 Å². The quantitative estimate of drug-likeness (QED) is 0.773. The van der Waals surface area contributed by atoms with Crippen molar-refractivity contribution in [1.29, 1.82) is 0 Å². The third kappa shape index (κ3) is 4.96. The lowest BCUT2D eigenvalue weighted by Gasteiger charge is -2.18. The molecule has 4 heteroatoms. The summed E-state index contributed by atoms with van der Waals surface area (Å²) < 4.78 is 5.48. The van der Waals surface area contributed by atoms with Crippen LogP contribution in [0, 0.1) is 0 Å². The van der Waals surface area contributed by atoms with E-state index in [1.165, 1.54) is 5.56 Å². The Morgan fingerprint density at radius 3 is 2.82 bits per heavy atom. The van der Waals surface area contributed by atoms with Gasteiger partial charge in [0.2, 0.25) is 0 Å². The van der Waals surface area contributed by atoms with Crippen LogP contribution >= 0.6 is 11.8 Å². The van der Waals surface area contributed by atoms with E-state index in [2.05, 4.69) is 30.2 Å². The predicted octanol–water partition coefficient (Wildman–Crippen LogP) is 2.88. The number of aromatic nitrogens is 1. The fraction of sp³-hybridized carbons (Fsp3) is 0.615. The molecule has 0 aliphatic rings.